The molecule has 0 aliphatic heterocycles. The number of rotatable bonds is 27. The molecule has 0 aliphatic rings. The summed E-state index contributed by atoms with van der Waals surface area (Å²) in [5, 5.41) is 9.00. The van der Waals surface area contributed by atoms with E-state index in [2.05, 4.69) is 25.7 Å². The van der Waals surface area contributed by atoms with Crippen molar-refractivity contribution in [2.24, 2.45) is 5.92 Å². The molecule has 0 spiro atoms. The van der Waals surface area contributed by atoms with Crippen molar-refractivity contribution in [3.63, 3.8) is 0 Å². The number of hydrogen-bond donors (Lipinski definition) is 1. The molecule has 0 heterocycles. The smallest absolute Gasteiger partial charge is 0.309 e. The van der Waals surface area contributed by atoms with Crippen LogP contribution in [0.5, 0.6) is 0 Å². The highest BCUT2D eigenvalue weighted by Crippen LogP contribution is 2.18. The summed E-state index contributed by atoms with van der Waals surface area (Å²) >= 11 is 0. The predicted molar refractivity (Wildman–Crippen MR) is 149 cm³/mol. The largest absolute Gasteiger partial charge is 0.481 e. The van der Waals surface area contributed by atoms with Crippen molar-refractivity contribution in [2.45, 2.75) is 148 Å². The van der Waals surface area contributed by atoms with Crippen LogP contribution >= 0.6 is 0 Å². The third-order valence-electron chi connectivity index (χ3n) is 6.66. The SMILES string of the molecule is C=CCOC(=O)C(CCCCCCCCCCC/C=C/CCCCCCCCCCC)CC(=O)O. The van der Waals surface area contributed by atoms with E-state index >= 15 is 0 Å². The van der Waals surface area contributed by atoms with Crippen LogP contribution in [-0.4, -0.2) is 23.7 Å². The Labute approximate surface area is 217 Å². The molecule has 4 heteroatoms. The Hall–Kier alpha value is -1.58. The van der Waals surface area contributed by atoms with E-state index in [-0.39, 0.29) is 13.0 Å². The third kappa shape index (κ3) is 25.3. The molecule has 1 N–H and O–H groups in total. The minimum absolute atomic E-state index is 0.143. The quantitative estimate of drug-likeness (QED) is 0.0704. The van der Waals surface area contributed by atoms with E-state index < -0.39 is 17.9 Å². The lowest BCUT2D eigenvalue weighted by Crippen LogP contribution is -2.21. The number of carboxylic acids is 1. The van der Waals surface area contributed by atoms with E-state index in [1.807, 2.05) is 0 Å². The molecular formula is C31H56O4. The summed E-state index contributed by atoms with van der Waals surface area (Å²) in [6.07, 6.45) is 32.7. The van der Waals surface area contributed by atoms with Gasteiger partial charge in [0.15, 0.2) is 0 Å². The number of carbonyl (C=O) groups is 2. The highest BCUT2D eigenvalue weighted by atomic mass is 16.5. The number of ether oxygens (including phenoxy) is 1. The van der Waals surface area contributed by atoms with Crippen molar-refractivity contribution < 1.29 is 19.4 Å². The summed E-state index contributed by atoms with van der Waals surface area (Å²) in [5.74, 6) is -1.89. The Kier molecular flexibility index (Phi) is 25.8. The second-order valence-corrected chi connectivity index (χ2v) is 10.1. The molecule has 0 radical (unpaired) electrons. The van der Waals surface area contributed by atoms with Gasteiger partial charge in [0, 0.05) is 0 Å². The van der Waals surface area contributed by atoms with Crippen LogP contribution in [-0.2, 0) is 14.3 Å². The molecule has 0 bridgehead atoms. The molecule has 4 nitrogen and oxygen atoms in total. The summed E-state index contributed by atoms with van der Waals surface area (Å²) < 4.78 is 5.03. The molecule has 0 amide bonds. The third-order valence-corrected chi connectivity index (χ3v) is 6.66. The molecule has 0 rings (SSSR count). The summed E-state index contributed by atoms with van der Waals surface area (Å²) in [6, 6.07) is 0. The van der Waals surface area contributed by atoms with Crippen molar-refractivity contribution in [3.8, 4) is 0 Å². The number of carboxylic acid groups (broad SMARTS) is 1. The lowest BCUT2D eigenvalue weighted by Gasteiger charge is -2.13. The van der Waals surface area contributed by atoms with Gasteiger partial charge in [0.2, 0.25) is 0 Å². The van der Waals surface area contributed by atoms with E-state index in [1.165, 1.54) is 115 Å². The van der Waals surface area contributed by atoms with E-state index in [4.69, 9.17) is 9.84 Å². The van der Waals surface area contributed by atoms with Crippen LogP contribution in [0.4, 0.5) is 0 Å². The molecule has 0 aromatic heterocycles. The summed E-state index contributed by atoms with van der Waals surface area (Å²) in [5.41, 5.74) is 0. The Bertz CT molecular complexity index is 526. The van der Waals surface area contributed by atoms with Gasteiger partial charge in [-0.3, -0.25) is 9.59 Å². The topological polar surface area (TPSA) is 63.6 Å². The molecule has 0 aromatic carbocycles. The maximum absolute atomic E-state index is 11.9. The van der Waals surface area contributed by atoms with Crippen LogP contribution in [0.15, 0.2) is 24.8 Å². The average Bonchev–Trinajstić information content (AvgIpc) is 2.84. The summed E-state index contributed by atoms with van der Waals surface area (Å²) in [7, 11) is 0. The van der Waals surface area contributed by atoms with Gasteiger partial charge in [0.1, 0.15) is 6.61 Å². The molecule has 35 heavy (non-hydrogen) atoms. The van der Waals surface area contributed by atoms with Crippen LogP contribution in [0.25, 0.3) is 0 Å². The monoisotopic (exact) mass is 492 g/mol. The van der Waals surface area contributed by atoms with E-state index in [9.17, 15) is 9.59 Å². The fraction of sp³-hybridized carbons (Fsp3) is 0.806. The maximum atomic E-state index is 11.9. The minimum atomic E-state index is -0.945. The summed E-state index contributed by atoms with van der Waals surface area (Å²) in [6.45, 7) is 5.94. The predicted octanol–water partition coefficient (Wildman–Crippen LogP) is 9.57. The first-order chi connectivity index (χ1) is 17.1. The van der Waals surface area contributed by atoms with Gasteiger partial charge >= 0.3 is 11.9 Å². The van der Waals surface area contributed by atoms with Gasteiger partial charge in [-0.2, -0.15) is 0 Å². The lowest BCUT2D eigenvalue weighted by atomic mass is 9.97. The van der Waals surface area contributed by atoms with E-state index in [0.29, 0.717) is 6.42 Å². The zero-order valence-corrected chi connectivity index (χ0v) is 23.0. The van der Waals surface area contributed by atoms with Crippen molar-refractivity contribution in [2.75, 3.05) is 6.61 Å². The van der Waals surface area contributed by atoms with Crippen molar-refractivity contribution in [1.29, 1.82) is 0 Å². The van der Waals surface area contributed by atoms with Gasteiger partial charge in [-0.25, -0.2) is 0 Å². The lowest BCUT2D eigenvalue weighted by molar-refractivity contribution is -0.152. The molecule has 1 atom stereocenters. The second-order valence-electron chi connectivity index (χ2n) is 10.1. The zero-order valence-electron chi connectivity index (χ0n) is 23.0. The van der Waals surface area contributed by atoms with Crippen molar-refractivity contribution in [3.05, 3.63) is 24.8 Å². The van der Waals surface area contributed by atoms with Gasteiger partial charge in [-0.1, -0.05) is 134 Å². The van der Waals surface area contributed by atoms with Crippen LogP contribution in [0, 0.1) is 5.92 Å². The average molecular weight is 493 g/mol. The number of aliphatic carboxylic acids is 1. The molecule has 0 saturated heterocycles. The fourth-order valence-electron chi connectivity index (χ4n) is 4.47. The van der Waals surface area contributed by atoms with Crippen LogP contribution in [0.1, 0.15) is 148 Å². The molecular weight excluding hydrogens is 436 g/mol. The first kappa shape index (κ1) is 33.4. The highest BCUT2D eigenvalue weighted by molar-refractivity contribution is 5.79. The second kappa shape index (κ2) is 27.0. The maximum Gasteiger partial charge on any atom is 0.309 e. The minimum Gasteiger partial charge on any atom is -0.481 e. The highest BCUT2D eigenvalue weighted by Gasteiger charge is 2.22. The van der Waals surface area contributed by atoms with Crippen LogP contribution in [0.2, 0.25) is 0 Å². The van der Waals surface area contributed by atoms with E-state index in [1.54, 1.807) is 0 Å². The number of hydrogen-bond acceptors (Lipinski definition) is 3. The van der Waals surface area contributed by atoms with Crippen molar-refractivity contribution in [1.82, 2.24) is 0 Å². The Morgan fingerprint density at radius 2 is 1.14 bits per heavy atom. The Morgan fingerprint density at radius 1 is 0.714 bits per heavy atom. The fourth-order valence-corrected chi connectivity index (χ4v) is 4.47. The first-order valence-electron chi connectivity index (χ1n) is 14.8. The zero-order chi connectivity index (χ0) is 25.8. The molecule has 1 unspecified atom stereocenters. The first-order valence-corrected chi connectivity index (χ1v) is 14.8. The van der Waals surface area contributed by atoms with E-state index in [0.717, 1.165) is 19.3 Å². The van der Waals surface area contributed by atoms with Gasteiger partial charge in [0.25, 0.3) is 0 Å². The number of unbranched alkanes of at least 4 members (excludes halogenated alkanes) is 18. The van der Waals surface area contributed by atoms with Crippen LogP contribution in [0.3, 0.4) is 0 Å². The molecule has 0 aromatic rings. The molecule has 0 aliphatic carbocycles. The van der Waals surface area contributed by atoms with Gasteiger partial charge in [0.05, 0.1) is 12.3 Å². The standard InChI is InChI=1S/C31H56O4/c1-3-5-6-7-8-9-10-11-12-13-14-15-16-17-18-19-20-21-22-23-24-25-26-29(28-30(32)33)31(34)35-27-4-2/h4,14-15,29H,2-3,5-13,16-28H2,1H3,(H,32,33)/b15-14+. The summed E-state index contributed by atoms with van der Waals surface area (Å²) in [4.78, 5) is 22.9. The Morgan fingerprint density at radius 3 is 1.57 bits per heavy atom. The molecule has 204 valence electrons. The Balaban J connectivity index is 3.43. The number of allylic oxidation sites excluding steroid dienone is 2. The molecule has 0 fully saturated rings. The van der Waals surface area contributed by atoms with Crippen LogP contribution < -0.4 is 0 Å². The normalized spacial score (nSPS) is 12.1. The van der Waals surface area contributed by atoms with Gasteiger partial charge < -0.3 is 9.84 Å². The van der Waals surface area contributed by atoms with Gasteiger partial charge in [-0.05, 0) is 32.1 Å². The molecule has 0 saturated carbocycles. The number of esters is 1. The van der Waals surface area contributed by atoms with Crippen molar-refractivity contribution >= 4 is 11.9 Å². The van der Waals surface area contributed by atoms with Gasteiger partial charge in [-0.15, -0.1) is 0 Å². The number of carbonyl (C=O) groups excluding carboxylic acids is 1.